The number of nitrogens with zero attached hydrogens (tertiary/aromatic N) is 2. The maximum atomic E-state index is 13.4. The van der Waals surface area contributed by atoms with E-state index in [1.165, 1.54) is 12.1 Å². The Morgan fingerprint density at radius 3 is 2.61 bits per heavy atom. The molecule has 2 aromatic carbocycles. The SMILES string of the molecule is CN=C(NCc1cccnc1Oc1cccc(F)c1)NCC(CO)c1ccccc1.I. The van der Waals surface area contributed by atoms with E-state index in [1.807, 2.05) is 42.5 Å². The van der Waals surface area contributed by atoms with Crippen LogP contribution < -0.4 is 15.4 Å². The average molecular weight is 536 g/mol. The molecule has 3 rings (SSSR count). The molecule has 8 heteroatoms. The number of aromatic nitrogens is 1. The molecule has 0 amide bonds. The second-order valence-corrected chi connectivity index (χ2v) is 6.62. The van der Waals surface area contributed by atoms with Gasteiger partial charge in [-0.05, 0) is 23.8 Å². The summed E-state index contributed by atoms with van der Waals surface area (Å²) in [6, 6.07) is 19.4. The van der Waals surface area contributed by atoms with Crippen LogP contribution in [0.5, 0.6) is 11.6 Å². The molecule has 0 aliphatic rings. The molecule has 0 fully saturated rings. The van der Waals surface area contributed by atoms with Crippen LogP contribution >= 0.6 is 24.0 Å². The molecule has 1 heterocycles. The standard InChI is InChI=1S/C23H25FN4O2.HI/c1-25-23(28-15-19(16-29)17-7-3-2-4-8-17)27-14-18-9-6-12-26-22(18)30-21-11-5-10-20(24)13-21;/h2-13,19,29H,14-16H2,1H3,(H2,25,27,28);1H. The van der Waals surface area contributed by atoms with Crippen LogP contribution in [0.15, 0.2) is 77.9 Å². The first-order valence-electron chi connectivity index (χ1n) is 9.67. The van der Waals surface area contributed by atoms with Crippen LogP contribution in [0.25, 0.3) is 0 Å². The van der Waals surface area contributed by atoms with E-state index in [0.717, 1.165) is 11.1 Å². The number of pyridine rings is 1. The molecule has 0 saturated carbocycles. The highest BCUT2D eigenvalue weighted by Crippen LogP contribution is 2.23. The van der Waals surface area contributed by atoms with E-state index >= 15 is 0 Å². The normalized spacial score (nSPS) is 11.9. The Labute approximate surface area is 198 Å². The topological polar surface area (TPSA) is 78.8 Å². The second-order valence-electron chi connectivity index (χ2n) is 6.62. The van der Waals surface area contributed by atoms with Crippen molar-refractivity contribution < 1.29 is 14.2 Å². The van der Waals surface area contributed by atoms with E-state index in [1.54, 1.807) is 25.4 Å². The van der Waals surface area contributed by atoms with Crippen LogP contribution in [-0.2, 0) is 6.54 Å². The van der Waals surface area contributed by atoms with Gasteiger partial charge >= 0.3 is 0 Å². The minimum absolute atomic E-state index is 0. The predicted octanol–water partition coefficient (Wildman–Crippen LogP) is 4.07. The summed E-state index contributed by atoms with van der Waals surface area (Å²) in [4.78, 5) is 8.49. The number of hydrogen-bond donors (Lipinski definition) is 3. The number of aliphatic imine (C=N–C) groups is 1. The Balaban J connectivity index is 0.00000341. The Bertz CT molecular complexity index is 973. The van der Waals surface area contributed by atoms with Crippen LogP contribution in [0, 0.1) is 5.82 Å². The molecular weight excluding hydrogens is 510 g/mol. The van der Waals surface area contributed by atoms with E-state index in [0.29, 0.717) is 30.7 Å². The maximum absolute atomic E-state index is 13.4. The fourth-order valence-electron chi connectivity index (χ4n) is 2.93. The van der Waals surface area contributed by atoms with E-state index in [9.17, 15) is 9.50 Å². The molecule has 1 unspecified atom stereocenters. The molecule has 3 aromatic rings. The maximum Gasteiger partial charge on any atom is 0.224 e. The highest BCUT2D eigenvalue weighted by atomic mass is 127. The monoisotopic (exact) mass is 536 g/mol. The number of aliphatic hydroxyl groups is 1. The van der Waals surface area contributed by atoms with Gasteiger partial charge in [-0.15, -0.1) is 24.0 Å². The molecule has 0 spiro atoms. The lowest BCUT2D eigenvalue weighted by Gasteiger charge is -2.18. The fourth-order valence-corrected chi connectivity index (χ4v) is 2.93. The van der Waals surface area contributed by atoms with E-state index < -0.39 is 0 Å². The highest BCUT2D eigenvalue weighted by Gasteiger charge is 2.12. The zero-order chi connectivity index (χ0) is 21.2. The largest absolute Gasteiger partial charge is 0.439 e. The third-order valence-corrected chi connectivity index (χ3v) is 4.54. The van der Waals surface area contributed by atoms with Crippen LogP contribution in [0.1, 0.15) is 17.0 Å². The summed E-state index contributed by atoms with van der Waals surface area (Å²) in [6.45, 7) is 0.968. The predicted molar refractivity (Wildman–Crippen MR) is 131 cm³/mol. The zero-order valence-electron chi connectivity index (χ0n) is 17.2. The van der Waals surface area contributed by atoms with Crippen molar-refractivity contribution in [1.82, 2.24) is 15.6 Å². The lowest BCUT2D eigenvalue weighted by atomic mass is 10.0. The molecular formula is C23H26FIN4O2. The molecule has 0 aliphatic carbocycles. The summed E-state index contributed by atoms with van der Waals surface area (Å²) in [5.74, 6) is 0.944. The molecule has 31 heavy (non-hydrogen) atoms. The Morgan fingerprint density at radius 1 is 1.10 bits per heavy atom. The number of hydrogen-bond acceptors (Lipinski definition) is 4. The number of halogens is 2. The van der Waals surface area contributed by atoms with Gasteiger partial charge in [0, 0.05) is 43.9 Å². The fraction of sp³-hybridized carbons (Fsp3) is 0.217. The van der Waals surface area contributed by atoms with Crippen molar-refractivity contribution in [2.24, 2.45) is 4.99 Å². The van der Waals surface area contributed by atoms with Crippen LogP contribution in [-0.4, -0.2) is 36.2 Å². The van der Waals surface area contributed by atoms with Gasteiger partial charge < -0.3 is 20.5 Å². The molecule has 1 atom stereocenters. The van der Waals surface area contributed by atoms with Gasteiger partial charge in [0.2, 0.25) is 5.88 Å². The number of nitrogens with one attached hydrogen (secondary N) is 2. The van der Waals surface area contributed by atoms with Crippen LogP contribution in [0.2, 0.25) is 0 Å². The average Bonchev–Trinajstić information content (AvgIpc) is 2.78. The van der Waals surface area contributed by atoms with E-state index in [-0.39, 0.29) is 42.3 Å². The lowest BCUT2D eigenvalue weighted by molar-refractivity contribution is 0.265. The van der Waals surface area contributed by atoms with Gasteiger partial charge in [-0.3, -0.25) is 4.99 Å². The van der Waals surface area contributed by atoms with Crippen LogP contribution in [0.3, 0.4) is 0 Å². The van der Waals surface area contributed by atoms with Crippen molar-refractivity contribution in [3.63, 3.8) is 0 Å². The quantitative estimate of drug-likeness (QED) is 0.230. The summed E-state index contributed by atoms with van der Waals surface area (Å²) in [5, 5.41) is 16.2. The highest BCUT2D eigenvalue weighted by molar-refractivity contribution is 14.0. The van der Waals surface area contributed by atoms with Gasteiger partial charge in [-0.25, -0.2) is 9.37 Å². The van der Waals surface area contributed by atoms with Gasteiger partial charge in [-0.1, -0.05) is 42.5 Å². The number of ether oxygens (including phenoxy) is 1. The Hall–Kier alpha value is -2.72. The van der Waals surface area contributed by atoms with Crippen molar-refractivity contribution in [2.75, 3.05) is 20.2 Å². The third kappa shape index (κ3) is 7.48. The number of guanidine groups is 1. The summed E-state index contributed by atoms with van der Waals surface area (Å²) >= 11 is 0. The number of aliphatic hydroxyl groups excluding tert-OH is 1. The summed E-state index contributed by atoms with van der Waals surface area (Å²) in [6.07, 6.45) is 1.62. The van der Waals surface area contributed by atoms with Gasteiger partial charge in [0.1, 0.15) is 11.6 Å². The van der Waals surface area contributed by atoms with Crippen molar-refractivity contribution in [3.8, 4) is 11.6 Å². The zero-order valence-corrected chi connectivity index (χ0v) is 19.5. The molecule has 6 nitrogen and oxygen atoms in total. The second kappa shape index (κ2) is 12.9. The summed E-state index contributed by atoms with van der Waals surface area (Å²) in [7, 11) is 1.68. The van der Waals surface area contributed by atoms with Gasteiger partial charge in [0.25, 0.3) is 0 Å². The van der Waals surface area contributed by atoms with Crippen molar-refractivity contribution in [1.29, 1.82) is 0 Å². The van der Waals surface area contributed by atoms with Crippen molar-refractivity contribution >= 4 is 29.9 Å². The minimum atomic E-state index is -0.371. The smallest absolute Gasteiger partial charge is 0.224 e. The molecule has 0 radical (unpaired) electrons. The first-order valence-corrected chi connectivity index (χ1v) is 9.67. The molecule has 0 bridgehead atoms. The van der Waals surface area contributed by atoms with Crippen molar-refractivity contribution in [3.05, 3.63) is 89.9 Å². The number of benzene rings is 2. The summed E-state index contributed by atoms with van der Waals surface area (Å²) in [5.41, 5.74) is 1.85. The Kier molecular flexibility index (Phi) is 10.2. The van der Waals surface area contributed by atoms with Gasteiger partial charge in [0.05, 0.1) is 6.61 Å². The molecule has 164 valence electrons. The number of rotatable bonds is 8. The molecule has 3 N–H and O–H groups in total. The Morgan fingerprint density at radius 2 is 1.90 bits per heavy atom. The molecule has 0 aliphatic heterocycles. The third-order valence-electron chi connectivity index (χ3n) is 4.54. The first kappa shape index (κ1) is 24.5. The van der Waals surface area contributed by atoms with Crippen LogP contribution in [0.4, 0.5) is 4.39 Å². The lowest BCUT2D eigenvalue weighted by Crippen LogP contribution is -2.39. The molecule has 0 saturated heterocycles. The first-order chi connectivity index (χ1) is 14.7. The van der Waals surface area contributed by atoms with E-state index in [4.69, 9.17) is 4.74 Å². The minimum Gasteiger partial charge on any atom is -0.439 e. The van der Waals surface area contributed by atoms with Gasteiger partial charge in [0.15, 0.2) is 5.96 Å². The van der Waals surface area contributed by atoms with Gasteiger partial charge in [-0.2, -0.15) is 0 Å². The van der Waals surface area contributed by atoms with E-state index in [2.05, 4.69) is 20.6 Å². The molecule has 1 aromatic heterocycles. The summed E-state index contributed by atoms with van der Waals surface area (Å²) < 4.78 is 19.2. The van der Waals surface area contributed by atoms with Crippen molar-refractivity contribution in [2.45, 2.75) is 12.5 Å².